The van der Waals surface area contributed by atoms with Gasteiger partial charge in [0.25, 0.3) is 5.91 Å². The lowest BCUT2D eigenvalue weighted by atomic mass is 10.0. The number of nitrogens with zero attached hydrogens (tertiary/aromatic N) is 2. The van der Waals surface area contributed by atoms with Crippen molar-refractivity contribution in [3.8, 4) is 0 Å². The first-order chi connectivity index (χ1) is 15.5. The van der Waals surface area contributed by atoms with Gasteiger partial charge >= 0.3 is 5.97 Å². The Hall–Kier alpha value is -3.35. The Morgan fingerprint density at radius 3 is 2.38 bits per heavy atom. The number of ether oxygens (including phenoxy) is 1. The van der Waals surface area contributed by atoms with Gasteiger partial charge in [-0.25, -0.2) is 4.79 Å². The third-order valence-corrected chi connectivity index (χ3v) is 5.73. The zero-order valence-corrected chi connectivity index (χ0v) is 18.4. The normalized spacial score (nSPS) is 15.2. The third kappa shape index (κ3) is 4.93. The molecule has 0 spiro atoms. The molecule has 1 aliphatic heterocycles. The van der Waals surface area contributed by atoms with Gasteiger partial charge in [0.1, 0.15) is 5.71 Å². The number of hydrazone groups is 1. The molecular formula is C24H19Cl2N3O3. The molecular weight excluding hydrogens is 449 g/mol. The fourth-order valence-electron chi connectivity index (χ4n) is 3.39. The topological polar surface area (TPSA) is 71.0 Å². The van der Waals surface area contributed by atoms with E-state index in [1.165, 1.54) is 0 Å². The van der Waals surface area contributed by atoms with Crippen LogP contribution in [0.1, 0.15) is 18.0 Å². The van der Waals surface area contributed by atoms with Crippen molar-refractivity contribution in [2.24, 2.45) is 5.10 Å². The van der Waals surface area contributed by atoms with Crippen LogP contribution in [0.4, 0.5) is 11.4 Å². The highest BCUT2D eigenvalue weighted by Gasteiger charge is 2.33. The molecule has 1 heterocycles. The quantitative estimate of drug-likeness (QED) is 0.487. The third-order valence-electron chi connectivity index (χ3n) is 4.91. The number of carbonyl (C=O) groups excluding carboxylic acids is 2. The number of carbonyl (C=O) groups is 2. The number of halogens is 2. The molecule has 4 rings (SSSR count). The fraction of sp³-hybridized carbons (Fsp3) is 0.125. The minimum Gasteiger partial charge on any atom is -0.451 e. The van der Waals surface area contributed by atoms with Crippen molar-refractivity contribution < 1.29 is 14.3 Å². The van der Waals surface area contributed by atoms with E-state index in [0.29, 0.717) is 17.1 Å². The molecule has 0 radical (unpaired) electrons. The molecule has 1 N–H and O–H groups in total. The van der Waals surface area contributed by atoms with E-state index in [-0.39, 0.29) is 16.8 Å². The zero-order valence-electron chi connectivity index (χ0n) is 16.9. The highest BCUT2D eigenvalue weighted by atomic mass is 35.5. The van der Waals surface area contributed by atoms with Crippen LogP contribution in [0.2, 0.25) is 10.0 Å². The minimum absolute atomic E-state index is 0.153. The number of hydrogen-bond acceptors (Lipinski definition) is 5. The molecule has 8 heteroatoms. The summed E-state index contributed by atoms with van der Waals surface area (Å²) in [6.07, 6.45) is 0.361. The first-order valence-electron chi connectivity index (χ1n) is 9.90. The molecule has 162 valence electrons. The average molecular weight is 468 g/mol. The van der Waals surface area contributed by atoms with E-state index in [1.807, 2.05) is 60.7 Å². The number of benzene rings is 3. The van der Waals surface area contributed by atoms with Gasteiger partial charge < -0.3 is 10.1 Å². The summed E-state index contributed by atoms with van der Waals surface area (Å²) in [5.41, 5.74) is 2.47. The van der Waals surface area contributed by atoms with Crippen LogP contribution in [-0.4, -0.2) is 24.2 Å². The summed E-state index contributed by atoms with van der Waals surface area (Å²) in [6.45, 7) is -0.470. The van der Waals surface area contributed by atoms with Crippen LogP contribution in [0, 0.1) is 0 Å². The number of hydrogen-bond donors (Lipinski definition) is 1. The van der Waals surface area contributed by atoms with Crippen LogP contribution < -0.4 is 10.3 Å². The molecule has 0 aliphatic carbocycles. The van der Waals surface area contributed by atoms with Crippen molar-refractivity contribution in [3.63, 3.8) is 0 Å². The van der Waals surface area contributed by atoms with Crippen LogP contribution in [0.3, 0.4) is 0 Å². The minimum atomic E-state index is -0.642. The van der Waals surface area contributed by atoms with Gasteiger partial charge in [-0.05, 0) is 29.8 Å². The van der Waals surface area contributed by atoms with Crippen LogP contribution in [0.25, 0.3) is 0 Å². The summed E-state index contributed by atoms with van der Waals surface area (Å²) in [6, 6.07) is 24.1. The van der Waals surface area contributed by atoms with E-state index in [9.17, 15) is 9.59 Å². The van der Waals surface area contributed by atoms with Gasteiger partial charge in [-0.15, -0.1) is 0 Å². The molecule has 1 amide bonds. The second kappa shape index (κ2) is 9.85. The number of amides is 1. The molecule has 0 saturated carbocycles. The predicted octanol–water partition coefficient (Wildman–Crippen LogP) is 5.48. The lowest BCUT2D eigenvalue weighted by molar-refractivity contribution is -0.140. The maximum absolute atomic E-state index is 12.7. The van der Waals surface area contributed by atoms with E-state index < -0.39 is 18.5 Å². The van der Waals surface area contributed by atoms with Crippen molar-refractivity contribution in [2.45, 2.75) is 12.5 Å². The van der Waals surface area contributed by atoms with Crippen molar-refractivity contribution in [1.29, 1.82) is 0 Å². The predicted molar refractivity (Wildman–Crippen MR) is 126 cm³/mol. The van der Waals surface area contributed by atoms with Gasteiger partial charge in [0.05, 0.1) is 27.5 Å². The summed E-state index contributed by atoms with van der Waals surface area (Å²) >= 11 is 12.0. The maximum atomic E-state index is 12.7. The monoisotopic (exact) mass is 467 g/mol. The Labute approximate surface area is 195 Å². The second-order valence-electron chi connectivity index (χ2n) is 7.08. The van der Waals surface area contributed by atoms with Gasteiger partial charge in [0.15, 0.2) is 6.61 Å². The van der Waals surface area contributed by atoms with Crippen molar-refractivity contribution in [2.75, 3.05) is 16.9 Å². The number of para-hydroxylation sites is 1. The van der Waals surface area contributed by atoms with E-state index in [2.05, 4.69) is 10.4 Å². The molecule has 1 aliphatic rings. The fourth-order valence-corrected chi connectivity index (χ4v) is 3.74. The van der Waals surface area contributed by atoms with E-state index >= 15 is 0 Å². The smallest absolute Gasteiger partial charge is 0.355 e. The highest BCUT2D eigenvalue weighted by molar-refractivity contribution is 6.44. The van der Waals surface area contributed by atoms with Gasteiger partial charge in [0, 0.05) is 6.42 Å². The summed E-state index contributed by atoms with van der Waals surface area (Å²) in [4.78, 5) is 24.9. The molecule has 3 aromatic carbocycles. The van der Waals surface area contributed by atoms with E-state index in [0.717, 1.165) is 11.3 Å². The molecule has 32 heavy (non-hydrogen) atoms. The molecule has 0 fully saturated rings. The Morgan fingerprint density at radius 1 is 0.969 bits per heavy atom. The maximum Gasteiger partial charge on any atom is 0.355 e. The molecule has 0 aromatic heterocycles. The van der Waals surface area contributed by atoms with Crippen molar-refractivity contribution in [1.82, 2.24) is 0 Å². The molecule has 0 saturated heterocycles. The first-order valence-corrected chi connectivity index (χ1v) is 10.7. The summed E-state index contributed by atoms with van der Waals surface area (Å²) in [5.74, 6) is -1.17. The lowest BCUT2D eigenvalue weighted by Gasteiger charge is -2.23. The SMILES string of the molecule is O=C(COC(=O)C1=NN(c2ccccc2)C(c2ccccc2)C1)Nc1cccc(Cl)c1Cl. The van der Waals surface area contributed by atoms with Crippen LogP contribution >= 0.6 is 23.2 Å². The number of anilines is 2. The largest absolute Gasteiger partial charge is 0.451 e. The summed E-state index contributed by atoms with van der Waals surface area (Å²) in [7, 11) is 0. The first kappa shape index (κ1) is 21.9. The molecule has 6 nitrogen and oxygen atoms in total. The molecule has 3 aromatic rings. The highest BCUT2D eigenvalue weighted by Crippen LogP contribution is 2.35. The number of rotatable bonds is 6. The van der Waals surface area contributed by atoms with E-state index in [1.54, 1.807) is 23.2 Å². The molecule has 1 unspecified atom stereocenters. The van der Waals surface area contributed by atoms with Crippen molar-refractivity contribution in [3.05, 3.63) is 94.5 Å². The Balaban J connectivity index is 1.44. The zero-order chi connectivity index (χ0) is 22.5. The van der Waals surface area contributed by atoms with Crippen molar-refractivity contribution >= 4 is 52.2 Å². The van der Waals surface area contributed by atoms with Gasteiger partial charge in [-0.2, -0.15) is 5.10 Å². The number of nitrogens with one attached hydrogen (secondary N) is 1. The Bertz CT molecular complexity index is 1150. The van der Waals surface area contributed by atoms with Gasteiger partial charge in [-0.3, -0.25) is 9.80 Å². The van der Waals surface area contributed by atoms with Gasteiger partial charge in [0.2, 0.25) is 0 Å². The van der Waals surface area contributed by atoms with Crippen LogP contribution in [0.5, 0.6) is 0 Å². The van der Waals surface area contributed by atoms with E-state index in [4.69, 9.17) is 27.9 Å². The summed E-state index contributed by atoms with van der Waals surface area (Å²) in [5, 5.41) is 9.43. The average Bonchev–Trinajstić information content (AvgIpc) is 3.27. The number of esters is 1. The second-order valence-corrected chi connectivity index (χ2v) is 7.87. The standard InChI is InChI=1S/C24H19Cl2N3O3/c25-18-12-7-13-19(23(18)26)27-22(30)15-32-24(31)20-14-21(16-8-3-1-4-9-16)29(28-20)17-10-5-2-6-11-17/h1-13,21H,14-15H2,(H,27,30). The molecule has 1 atom stereocenters. The van der Waals surface area contributed by atoms with Crippen LogP contribution in [-0.2, 0) is 14.3 Å². The Kier molecular flexibility index (Phi) is 6.73. The van der Waals surface area contributed by atoms with Crippen LogP contribution in [0.15, 0.2) is 84.0 Å². The van der Waals surface area contributed by atoms with Gasteiger partial charge in [-0.1, -0.05) is 77.8 Å². The lowest BCUT2D eigenvalue weighted by Crippen LogP contribution is -2.24. The summed E-state index contributed by atoms with van der Waals surface area (Å²) < 4.78 is 5.21. The molecule has 0 bridgehead atoms. The Morgan fingerprint density at radius 2 is 1.66 bits per heavy atom.